The van der Waals surface area contributed by atoms with E-state index in [2.05, 4.69) is 74.6 Å². The van der Waals surface area contributed by atoms with Crippen LogP contribution in [0.1, 0.15) is 108 Å². The van der Waals surface area contributed by atoms with Crippen LogP contribution in [0.25, 0.3) is 0 Å². The molecule has 0 saturated heterocycles. The molecule has 0 aliphatic rings. The summed E-state index contributed by atoms with van der Waals surface area (Å²) >= 11 is 0. The van der Waals surface area contributed by atoms with E-state index in [9.17, 15) is 0 Å². The smallest absolute Gasteiger partial charge is 0.0186 e. The zero-order valence-corrected chi connectivity index (χ0v) is 16.7. The molecule has 0 fully saturated rings. The summed E-state index contributed by atoms with van der Waals surface area (Å²) < 4.78 is 0. The van der Waals surface area contributed by atoms with Gasteiger partial charge >= 0.3 is 0 Å². The minimum atomic E-state index is 0.273. The first-order chi connectivity index (χ1) is 9.36. The Balaban J connectivity index is 5.42. The predicted molar refractivity (Wildman–Crippen MR) is 97.9 cm³/mol. The summed E-state index contributed by atoms with van der Waals surface area (Å²) in [6.45, 7) is 23.7. The molecule has 21 heavy (non-hydrogen) atoms. The quantitative estimate of drug-likeness (QED) is 0.534. The van der Waals surface area contributed by atoms with Crippen molar-refractivity contribution in [2.24, 2.45) is 10.8 Å². The molecule has 0 bridgehead atoms. The maximum atomic E-state index is 4.19. The van der Waals surface area contributed by atoms with Crippen molar-refractivity contribution in [2.75, 3.05) is 0 Å². The topological polar surface area (TPSA) is 12.0 Å². The summed E-state index contributed by atoms with van der Waals surface area (Å²) in [5.41, 5.74) is 1.28. The Morgan fingerprint density at radius 3 is 0.905 bits per heavy atom. The zero-order valence-electron chi connectivity index (χ0n) is 16.7. The lowest BCUT2D eigenvalue weighted by Gasteiger charge is -2.49. The number of hydrogen-bond donors (Lipinski definition) is 1. The van der Waals surface area contributed by atoms with Crippen LogP contribution in [0.15, 0.2) is 0 Å². The molecule has 1 heteroatoms. The third kappa shape index (κ3) is 7.17. The number of rotatable bonds is 8. The van der Waals surface area contributed by atoms with Crippen LogP contribution in [0.5, 0.6) is 0 Å². The SMILES string of the molecule is CCC(CC)(CC(C)(C)C)NC(CC)(CC)CC(C)(C)C. The third-order valence-electron chi connectivity index (χ3n) is 4.97. The molecule has 0 heterocycles. The summed E-state index contributed by atoms with van der Waals surface area (Å²) in [6.07, 6.45) is 7.36. The molecular weight excluding hydrogens is 254 g/mol. The fourth-order valence-corrected chi connectivity index (χ4v) is 4.03. The molecule has 0 aliphatic heterocycles. The second-order valence-corrected chi connectivity index (χ2v) is 9.57. The molecule has 0 spiro atoms. The first-order valence-electron chi connectivity index (χ1n) is 9.16. The molecule has 0 aromatic carbocycles. The van der Waals surface area contributed by atoms with Gasteiger partial charge in [0.2, 0.25) is 0 Å². The first kappa shape index (κ1) is 21.0. The molecule has 1 nitrogen and oxygen atoms in total. The Morgan fingerprint density at radius 2 is 0.762 bits per heavy atom. The molecule has 0 aliphatic carbocycles. The van der Waals surface area contributed by atoms with Gasteiger partial charge in [-0.1, -0.05) is 69.2 Å². The second-order valence-electron chi connectivity index (χ2n) is 9.57. The minimum absolute atomic E-state index is 0.273. The Bertz CT molecular complexity index is 252. The summed E-state index contributed by atoms with van der Waals surface area (Å²) in [7, 11) is 0. The van der Waals surface area contributed by atoms with Crippen LogP contribution in [-0.2, 0) is 0 Å². The van der Waals surface area contributed by atoms with Gasteiger partial charge in [-0.2, -0.15) is 0 Å². The van der Waals surface area contributed by atoms with Crippen LogP contribution in [0.4, 0.5) is 0 Å². The van der Waals surface area contributed by atoms with Gasteiger partial charge in [-0.05, 0) is 49.4 Å². The summed E-state index contributed by atoms with van der Waals surface area (Å²) in [5.74, 6) is 0. The van der Waals surface area contributed by atoms with Crippen molar-refractivity contribution in [2.45, 2.75) is 119 Å². The zero-order chi connectivity index (χ0) is 16.9. The average molecular weight is 298 g/mol. The summed E-state index contributed by atoms with van der Waals surface area (Å²) in [4.78, 5) is 0. The van der Waals surface area contributed by atoms with Crippen molar-refractivity contribution in [3.8, 4) is 0 Å². The second kappa shape index (κ2) is 7.49. The minimum Gasteiger partial charge on any atom is -0.306 e. The van der Waals surface area contributed by atoms with Crippen molar-refractivity contribution >= 4 is 0 Å². The lowest BCUT2D eigenvalue weighted by molar-refractivity contribution is 0.0969. The molecule has 0 amide bonds. The molecule has 0 aromatic heterocycles. The lowest BCUT2D eigenvalue weighted by atomic mass is 9.71. The molecule has 128 valence electrons. The molecule has 0 unspecified atom stereocenters. The Hall–Kier alpha value is -0.0400. The van der Waals surface area contributed by atoms with E-state index in [0.29, 0.717) is 10.8 Å². The Labute approximate surface area is 135 Å². The van der Waals surface area contributed by atoms with Gasteiger partial charge in [-0.15, -0.1) is 0 Å². The van der Waals surface area contributed by atoms with E-state index in [0.717, 1.165) is 0 Å². The first-order valence-corrected chi connectivity index (χ1v) is 9.16. The van der Waals surface area contributed by atoms with E-state index >= 15 is 0 Å². The summed E-state index contributed by atoms with van der Waals surface area (Å²) in [5, 5.41) is 4.19. The Kier molecular flexibility index (Phi) is 7.47. The van der Waals surface area contributed by atoms with Crippen molar-refractivity contribution in [3.63, 3.8) is 0 Å². The monoisotopic (exact) mass is 297 g/mol. The molecule has 0 rings (SSSR count). The van der Waals surface area contributed by atoms with Crippen LogP contribution in [0.3, 0.4) is 0 Å². The maximum absolute atomic E-state index is 4.19. The molecule has 0 aromatic rings. The molecule has 0 atom stereocenters. The van der Waals surface area contributed by atoms with Gasteiger partial charge in [-0.25, -0.2) is 0 Å². The maximum Gasteiger partial charge on any atom is 0.0186 e. The van der Waals surface area contributed by atoms with E-state index in [4.69, 9.17) is 0 Å². The number of hydrogen-bond acceptors (Lipinski definition) is 1. The predicted octanol–water partition coefficient (Wildman–Crippen LogP) is 6.57. The normalized spacial score (nSPS) is 14.6. The van der Waals surface area contributed by atoms with E-state index in [1.165, 1.54) is 38.5 Å². The van der Waals surface area contributed by atoms with E-state index < -0.39 is 0 Å². The fraction of sp³-hybridized carbons (Fsp3) is 1.00. The third-order valence-corrected chi connectivity index (χ3v) is 4.97. The van der Waals surface area contributed by atoms with Crippen LogP contribution in [0.2, 0.25) is 0 Å². The van der Waals surface area contributed by atoms with Crippen molar-refractivity contribution < 1.29 is 0 Å². The summed E-state index contributed by atoms with van der Waals surface area (Å²) in [6, 6.07) is 0. The Morgan fingerprint density at radius 1 is 0.524 bits per heavy atom. The van der Waals surface area contributed by atoms with Gasteiger partial charge in [0.15, 0.2) is 0 Å². The van der Waals surface area contributed by atoms with Crippen LogP contribution in [-0.4, -0.2) is 11.1 Å². The molecule has 0 radical (unpaired) electrons. The van der Waals surface area contributed by atoms with Crippen molar-refractivity contribution in [3.05, 3.63) is 0 Å². The van der Waals surface area contributed by atoms with Gasteiger partial charge < -0.3 is 5.32 Å². The number of nitrogens with one attached hydrogen (secondary N) is 1. The molecule has 0 saturated carbocycles. The van der Waals surface area contributed by atoms with E-state index in [1.807, 2.05) is 0 Å². The van der Waals surface area contributed by atoms with Crippen LogP contribution >= 0.6 is 0 Å². The highest BCUT2D eigenvalue weighted by Crippen LogP contribution is 2.38. The van der Waals surface area contributed by atoms with Gasteiger partial charge in [0.05, 0.1) is 0 Å². The highest BCUT2D eigenvalue weighted by molar-refractivity contribution is 4.99. The molecular formula is C20H43N. The average Bonchev–Trinajstić information content (AvgIpc) is 2.33. The largest absolute Gasteiger partial charge is 0.306 e. The standard InChI is InChI=1S/C20H43N/c1-11-19(12-2,15-17(5,6)7)21-20(13-3,14-4)16-18(8,9)10/h21H,11-16H2,1-10H3. The van der Waals surface area contributed by atoms with E-state index in [1.54, 1.807) is 0 Å². The van der Waals surface area contributed by atoms with Gasteiger partial charge in [0, 0.05) is 11.1 Å². The van der Waals surface area contributed by atoms with Gasteiger partial charge in [0.25, 0.3) is 0 Å². The van der Waals surface area contributed by atoms with Crippen LogP contribution < -0.4 is 5.32 Å². The fourth-order valence-electron chi connectivity index (χ4n) is 4.03. The van der Waals surface area contributed by atoms with E-state index in [-0.39, 0.29) is 11.1 Å². The van der Waals surface area contributed by atoms with Crippen molar-refractivity contribution in [1.82, 2.24) is 5.32 Å². The lowest BCUT2D eigenvalue weighted by Crippen LogP contribution is -2.59. The van der Waals surface area contributed by atoms with Gasteiger partial charge in [0.1, 0.15) is 0 Å². The molecule has 1 N–H and O–H groups in total. The van der Waals surface area contributed by atoms with Gasteiger partial charge in [-0.3, -0.25) is 0 Å². The highest BCUT2D eigenvalue weighted by Gasteiger charge is 2.40. The highest BCUT2D eigenvalue weighted by atomic mass is 15.1. The van der Waals surface area contributed by atoms with Crippen molar-refractivity contribution in [1.29, 1.82) is 0 Å². The van der Waals surface area contributed by atoms with Crippen LogP contribution in [0, 0.1) is 10.8 Å².